The first-order valence-corrected chi connectivity index (χ1v) is 10.7. The molecule has 31 heavy (non-hydrogen) atoms. The zero-order valence-corrected chi connectivity index (χ0v) is 18.0. The summed E-state index contributed by atoms with van der Waals surface area (Å²) in [6.07, 6.45) is 7.45. The third kappa shape index (κ3) is 6.78. The molecule has 0 atom stereocenters. The van der Waals surface area contributed by atoms with Crippen LogP contribution in [-0.4, -0.2) is 35.0 Å². The molecule has 1 heterocycles. The van der Waals surface area contributed by atoms with Gasteiger partial charge >= 0.3 is 11.9 Å². The van der Waals surface area contributed by atoms with E-state index in [0.717, 1.165) is 61.4 Å². The summed E-state index contributed by atoms with van der Waals surface area (Å²) >= 11 is 0.880. The number of carboxylic acids is 1. The maximum absolute atomic E-state index is 11.9. The molecule has 0 unspecified atom stereocenters. The van der Waals surface area contributed by atoms with Crippen LogP contribution in [0, 0.1) is 18.8 Å². The third-order valence-electron chi connectivity index (χ3n) is 5.24. The van der Waals surface area contributed by atoms with Gasteiger partial charge in [0.1, 0.15) is 12.5 Å². The molecule has 9 heteroatoms. The number of thioether (sulfide) groups is 1. The normalized spacial score (nSPS) is 19.1. The molecule has 3 aliphatic rings. The van der Waals surface area contributed by atoms with Gasteiger partial charge in [0, 0.05) is 0 Å². The number of hydrogen-bond acceptors (Lipinski definition) is 7. The molecule has 2 saturated carbocycles. The lowest BCUT2D eigenvalue weighted by Gasteiger charge is -2.23. The zero-order chi connectivity index (χ0) is 23.0. The van der Waals surface area contributed by atoms with Gasteiger partial charge in [-0.15, -0.1) is 0 Å². The van der Waals surface area contributed by atoms with Gasteiger partial charge in [0.2, 0.25) is 0 Å². The molecule has 166 valence electrons. The molecule has 2 N–H and O–H groups in total. The summed E-state index contributed by atoms with van der Waals surface area (Å²) in [4.78, 5) is 52.8. The van der Waals surface area contributed by atoms with E-state index < -0.39 is 5.97 Å². The number of rotatable bonds is 4. The Bertz CT molecular complexity index is 888. The van der Waals surface area contributed by atoms with Gasteiger partial charge in [0.05, 0.1) is 16.7 Å². The maximum atomic E-state index is 11.9. The highest BCUT2D eigenvalue weighted by Gasteiger charge is 2.28. The summed E-state index contributed by atoms with van der Waals surface area (Å²) in [5, 5.41) is 10.1. The van der Waals surface area contributed by atoms with Gasteiger partial charge in [-0.05, 0) is 73.7 Å². The lowest BCUT2D eigenvalue weighted by atomic mass is 9.86. The molecular formula is C22H25NO7S. The van der Waals surface area contributed by atoms with Crippen molar-refractivity contribution in [1.82, 2.24) is 5.32 Å². The van der Waals surface area contributed by atoms with Crippen molar-refractivity contribution in [3.63, 3.8) is 0 Å². The summed E-state index contributed by atoms with van der Waals surface area (Å²) in [5.41, 5.74) is 1.60. The van der Waals surface area contributed by atoms with E-state index in [1.807, 2.05) is 19.8 Å². The van der Waals surface area contributed by atoms with Crippen LogP contribution >= 0.6 is 11.8 Å². The fourth-order valence-corrected chi connectivity index (χ4v) is 3.62. The molecular weight excluding hydrogens is 422 g/mol. The number of ether oxygens (including phenoxy) is 1. The lowest BCUT2D eigenvalue weighted by Crippen LogP contribution is -2.26. The number of carboxylic acid groups (broad SMARTS) is 1. The molecule has 4 rings (SSSR count). The highest BCUT2D eigenvalue weighted by atomic mass is 32.2. The van der Waals surface area contributed by atoms with E-state index in [1.54, 1.807) is 18.2 Å². The molecule has 2 amide bonds. The largest absolute Gasteiger partial charge is 0.481 e. The highest BCUT2D eigenvalue weighted by Crippen LogP contribution is 2.30. The number of carbonyl (C=O) groups excluding carboxylic acids is 4. The monoisotopic (exact) mass is 447 g/mol. The van der Waals surface area contributed by atoms with E-state index in [0.29, 0.717) is 10.7 Å². The molecule has 0 spiro atoms. The number of aliphatic carboxylic acids is 1. The van der Waals surface area contributed by atoms with Gasteiger partial charge in [-0.2, -0.15) is 0 Å². The van der Waals surface area contributed by atoms with Gasteiger partial charge in [0.25, 0.3) is 11.1 Å². The van der Waals surface area contributed by atoms with E-state index in [-0.39, 0.29) is 29.0 Å². The Morgan fingerprint density at radius 1 is 1.13 bits per heavy atom. The first-order valence-electron chi connectivity index (χ1n) is 9.92. The van der Waals surface area contributed by atoms with Gasteiger partial charge in [-0.1, -0.05) is 18.9 Å². The van der Waals surface area contributed by atoms with E-state index in [9.17, 15) is 19.2 Å². The Morgan fingerprint density at radius 3 is 2.13 bits per heavy atom. The minimum absolute atomic E-state index is 0.000000000000000444. The Hall–Kier alpha value is -2.94. The topological polar surface area (TPSA) is 127 Å². The molecule has 0 radical (unpaired) electrons. The van der Waals surface area contributed by atoms with E-state index >= 15 is 0 Å². The van der Waals surface area contributed by atoms with Crippen LogP contribution in [0.15, 0.2) is 23.1 Å². The van der Waals surface area contributed by atoms with Crippen molar-refractivity contribution in [2.24, 2.45) is 11.8 Å². The van der Waals surface area contributed by atoms with Crippen LogP contribution in [0.4, 0.5) is 4.79 Å². The minimum Gasteiger partial charge on any atom is -0.481 e. The van der Waals surface area contributed by atoms with Gasteiger partial charge < -0.3 is 14.6 Å². The van der Waals surface area contributed by atoms with Crippen molar-refractivity contribution >= 4 is 47.7 Å². The molecule has 0 aromatic heterocycles. The van der Waals surface area contributed by atoms with Crippen molar-refractivity contribution in [1.29, 1.82) is 0 Å². The fraction of sp³-hybridized carbons (Fsp3) is 0.409. The summed E-state index contributed by atoms with van der Waals surface area (Å²) in [6, 6.07) is 5.31. The van der Waals surface area contributed by atoms with Crippen molar-refractivity contribution in [3.8, 4) is 5.75 Å². The first kappa shape index (κ1) is 24.3. The molecule has 8 nitrogen and oxygen atoms in total. The van der Waals surface area contributed by atoms with Crippen LogP contribution in [0.5, 0.6) is 5.75 Å². The Balaban J connectivity index is 0.000000319. The molecule has 1 aliphatic heterocycles. The van der Waals surface area contributed by atoms with E-state index in [1.165, 1.54) is 0 Å². The van der Waals surface area contributed by atoms with Crippen molar-refractivity contribution < 1.29 is 33.8 Å². The second kappa shape index (κ2) is 11.5. The highest BCUT2D eigenvalue weighted by molar-refractivity contribution is 8.18. The van der Waals surface area contributed by atoms with Crippen molar-refractivity contribution in [3.05, 3.63) is 34.2 Å². The second-order valence-electron chi connectivity index (χ2n) is 7.39. The maximum Gasteiger partial charge on any atom is 0.314 e. The second-order valence-corrected chi connectivity index (χ2v) is 8.41. The van der Waals surface area contributed by atoms with Gasteiger partial charge in [-0.25, -0.2) is 0 Å². The molecule has 1 aromatic carbocycles. The Kier molecular flexibility index (Phi) is 8.99. The van der Waals surface area contributed by atoms with Crippen LogP contribution in [0.1, 0.15) is 49.7 Å². The first-order chi connectivity index (χ1) is 14.8. The van der Waals surface area contributed by atoms with Crippen molar-refractivity contribution in [2.75, 3.05) is 0 Å². The molecule has 3 fully saturated rings. The molecule has 0 bridgehead atoms. The predicted octanol–water partition coefficient (Wildman–Crippen LogP) is 3.71. The van der Waals surface area contributed by atoms with Gasteiger partial charge in [0.15, 0.2) is 0 Å². The number of amides is 2. The number of imide groups is 1. The zero-order valence-electron chi connectivity index (χ0n) is 17.2. The number of carbonyl (C=O) groups is 5. The summed E-state index contributed by atoms with van der Waals surface area (Å²) in [5.74, 6) is -0.597. The van der Waals surface area contributed by atoms with Gasteiger partial charge in [-0.3, -0.25) is 24.5 Å². The van der Waals surface area contributed by atoms with E-state index in [2.05, 4.69) is 5.32 Å². The standard InChI is InChI=1S/C16H15NO4S.C5H8O2.CH2O/c1-9-7-10(8-13-14(18)17-16(20)22-13)5-6-12(9)21-15(19)11-3-2-4-11;6-5(7)4-2-1-3-4;1-2/h5-8,11H,2-4H2,1H3,(H,17,18,20);4H,1-3H2,(H,6,7);1H2/b13-8-;;. The number of esters is 1. The van der Waals surface area contributed by atoms with Crippen molar-refractivity contribution in [2.45, 2.75) is 45.4 Å². The average molecular weight is 448 g/mol. The fourth-order valence-electron chi connectivity index (χ4n) is 2.94. The van der Waals surface area contributed by atoms with Crippen LogP contribution in [0.25, 0.3) is 6.08 Å². The number of nitrogens with one attached hydrogen (secondary N) is 1. The average Bonchev–Trinajstić information content (AvgIpc) is 2.93. The van der Waals surface area contributed by atoms with Crippen LogP contribution in [-0.2, 0) is 19.2 Å². The number of benzene rings is 1. The quantitative estimate of drug-likeness (QED) is 0.406. The lowest BCUT2D eigenvalue weighted by molar-refractivity contribution is -0.144. The smallest absolute Gasteiger partial charge is 0.314 e. The van der Waals surface area contributed by atoms with E-state index in [4.69, 9.17) is 14.6 Å². The number of hydrogen-bond donors (Lipinski definition) is 2. The molecule has 1 aromatic rings. The molecule has 2 aliphatic carbocycles. The summed E-state index contributed by atoms with van der Waals surface area (Å²) < 4.78 is 5.41. The Morgan fingerprint density at radius 2 is 1.74 bits per heavy atom. The molecule has 1 saturated heterocycles. The Labute approximate surface area is 184 Å². The van der Waals surface area contributed by atoms with Crippen LogP contribution in [0.3, 0.4) is 0 Å². The summed E-state index contributed by atoms with van der Waals surface area (Å²) in [7, 11) is 0. The summed E-state index contributed by atoms with van der Waals surface area (Å²) in [6.45, 7) is 3.85. The van der Waals surface area contributed by atoms with Crippen LogP contribution < -0.4 is 10.1 Å². The SMILES string of the molecule is C=O.Cc1cc(/C=C2\SC(=O)NC2=O)ccc1OC(=O)C1CCC1.O=C(O)C1CCC1. The predicted molar refractivity (Wildman–Crippen MR) is 115 cm³/mol. The van der Waals surface area contributed by atoms with Crippen LogP contribution in [0.2, 0.25) is 0 Å². The minimum atomic E-state index is -0.619. The third-order valence-corrected chi connectivity index (χ3v) is 6.05. The number of aryl methyl sites for hydroxylation is 1.